The average Bonchev–Trinajstić information content (AvgIpc) is 3.36. The van der Waals surface area contributed by atoms with Gasteiger partial charge in [0.25, 0.3) is 0 Å². The Balaban J connectivity index is 2.40. The normalized spacial score (nSPS) is 22.1. The Hall–Kier alpha value is -3.78. The number of rotatable bonds is 13. The summed E-state index contributed by atoms with van der Waals surface area (Å²) in [6.07, 6.45) is 2.41. The molecule has 0 N–H and O–H groups in total. The van der Waals surface area contributed by atoms with Gasteiger partial charge in [-0.15, -0.1) is 0 Å². The molecule has 256 valence electrons. The molecule has 0 unspecified atom stereocenters. The van der Waals surface area contributed by atoms with Crippen LogP contribution >= 0.6 is 0 Å². The van der Waals surface area contributed by atoms with Gasteiger partial charge >= 0.3 is 24.1 Å². The molecule has 2 aliphatic rings. The predicted octanol–water partition coefficient (Wildman–Crippen LogP) is 3.10. The lowest BCUT2D eigenvalue weighted by Crippen LogP contribution is -2.68. The number of hydrogen-bond acceptors (Lipinski definition) is 10. The van der Waals surface area contributed by atoms with Crippen LogP contribution in [0.2, 0.25) is 13.1 Å². The summed E-state index contributed by atoms with van der Waals surface area (Å²) in [6, 6.07) is -1.56. The van der Waals surface area contributed by atoms with Crippen molar-refractivity contribution in [2.24, 2.45) is 17.3 Å². The second kappa shape index (κ2) is 16.7. The Morgan fingerprint density at radius 2 is 1.67 bits per heavy atom. The molecular formula is C32H49N3O10Si. The third-order valence-electron chi connectivity index (χ3n) is 7.92. The van der Waals surface area contributed by atoms with Gasteiger partial charge in [-0.3, -0.25) is 24.2 Å². The topological polar surface area (TPSA) is 149 Å². The maximum Gasteiger partial charge on any atom is 0.410 e. The molecule has 2 fully saturated rings. The minimum Gasteiger partial charge on any atom is -0.454 e. The van der Waals surface area contributed by atoms with Crippen molar-refractivity contribution in [2.75, 3.05) is 40.5 Å². The van der Waals surface area contributed by atoms with Crippen molar-refractivity contribution in [1.29, 1.82) is 0 Å². The summed E-state index contributed by atoms with van der Waals surface area (Å²) in [4.78, 5) is 81.3. The molecule has 2 aliphatic heterocycles. The number of nitrogens with zero attached hydrogens (tertiary/aromatic N) is 3. The molecule has 2 rings (SSSR count). The summed E-state index contributed by atoms with van der Waals surface area (Å²) in [7, 11) is 1.61. The Morgan fingerprint density at radius 1 is 1.07 bits per heavy atom. The molecule has 0 bridgehead atoms. The highest BCUT2D eigenvalue weighted by atomic mass is 28.3. The van der Waals surface area contributed by atoms with Crippen LogP contribution in [0.1, 0.15) is 40.5 Å². The molecule has 0 spiro atoms. The van der Waals surface area contributed by atoms with Crippen LogP contribution < -0.4 is 0 Å². The van der Waals surface area contributed by atoms with Crippen LogP contribution in [0.15, 0.2) is 37.0 Å². The minimum absolute atomic E-state index is 0.0278. The fraction of sp³-hybridized carbons (Fsp3) is 0.625. The van der Waals surface area contributed by atoms with Gasteiger partial charge in [-0.2, -0.15) is 0 Å². The molecule has 14 heteroatoms. The van der Waals surface area contributed by atoms with Gasteiger partial charge in [-0.1, -0.05) is 52.2 Å². The molecule has 0 aromatic heterocycles. The number of Topliss-reactive ketones (excluding diaryl/α,β-unsaturated/α-hetero) is 1. The molecule has 2 heterocycles. The van der Waals surface area contributed by atoms with Crippen molar-refractivity contribution in [3.05, 3.63) is 37.0 Å². The molecular weight excluding hydrogens is 614 g/mol. The standard InChI is InChI=1S/C32H49N3O10Si/c1-11-13-42-29(39)28(38)35-24(26(27(35)37)23(32(4,5)6)19-44-46(9)10)17-25(36)20(3)15-21-16-22(45-30(40)33(7)8)18-34(21)31(41)43-14-12-2/h11-12,15,21-24,26,46H,1-2,13-14,16-19H2,3-10H3/t21-,22-,23-,24-,26+/m1/s1. The molecule has 46 heavy (non-hydrogen) atoms. The van der Waals surface area contributed by atoms with Gasteiger partial charge in [-0.25, -0.2) is 14.4 Å². The summed E-state index contributed by atoms with van der Waals surface area (Å²) < 4.78 is 21.6. The monoisotopic (exact) mass is 663 g/mol. The fourth-order valence-electron chi connectivity index (χ4n) is 5.43. The van der Waals surface area contributed by atoms with Crippen molar-refractivity contribution in [3.8, 4) is 0 Å². The van der Waals surface area contributed by atoms with Crippen molar-refractivity contribution >= 4 is 44.8 Å². The number of carbonyl (C=O) groups excluding carboxylic acids is 6. The zero-order valence-electron chi connectivity index (χ0n) is 28.3. The van der Waals surface area contributed by atoms with Gasteiger partial charge in [0.05, 0.1) is 24.5 Å². The van der Waals surface area contributed by atoms with Crippen molar-refractivity contribution in [2.45, 2.75) is 71.8 Å². The lowest BCUT2D eigenvalue weighted by Gasteiger charge is -2.51. The number of allylic oxidation sites excluding steroid dienone is 1. The number of ether oxygens (including phenoxy) is 3. The SMILES string of the molecule is C=CCOC(=O)C(=O)N1C(=O)[C@@H]([C@@H](CO[SiH](C)C)C(C)(C)C)[C@H]1CC(=O)C(C)=C[C@@H]1C[C@@H](OC(=O)N(C)C)CN1C(=O)OCC=C. The Kier molecular flexibility index (Phi) is 13.9. The van der Waals surface area contributed by atoms with Crippen molar-refractivity contribution < 1.29 is 47.4 Å². The van der Waals surface area contributed by atoms with E-state index in [-0.39, 0.29) is 56.5 Å². The van der Waals surface area contributed by atoms with Gasteiger partial charge in [-0.05, 0) is 36.9 Å². The summed E-state index contributed by atoms with van der Waals surface area (Å²) in [6.45, 7) is 18.6. The highest BCUT2D eigenvalue weighted by Crippen LogP contribution is 2.44. The second-order valence-electron chi connectivity index (χ2n) is 13.0. The van der Waals surface area contributed by atoms with E-state index < -0.39 is 68.5 Å². The molecule has 0 aromatic rings. The summed E-state index contributed by atoms with van der Waals surface area (Å²) in [5.41, 5.74) is -0.160. The van der Waals surface area contributed by atoms with Crippen LogP contribution in [-0.2, 0) is 37.8 Å². The molecule has 0 aromatic carbocycles. The first-order chi connectivity index (χ1) is 21.4. The van der Waals surface area contributed by atoms with Crippen LogP contribution in [0.3, 0.4) is 0 Å². The fourth-order valence-corrected chi connectivity index (χ4v) is 6.02. The molecule has 4 amide bonds. The predicted molar refractivity (Wildman–Crippen MR) is 172 cm³/mol. The van der Waals surface area contributed by atoms with E-state index >= 15 is 0 Å². The van der Waals surface area contributed by atoms with Crippen LogP contribution in [0.25, 0.3) is 0 Å². The molecule has 0 aliphatic carbocycles. The van der Waals surface area contributed by atoms with E-state index in [2.05, 4.69) is 13.2 Å². The third kappa shape index (κ3) is 9.86. The first-order valence-electron chi connectivity index (χ1n) is 15.3. The highest BCUT2D eigenvalue weighted by molar-refractivity contribution is 6.48. The van der Waals surface area contributed by atoms with E-state index in [9.17, 15) is 28.8 Å². The van der Waals surface area contributed by atoms with E-state index in [4.69, 9.17) is 18.6 Å². The third-order valence-corrected chi connectivity index (χ3v) is 8.78. The largest absolute Gasteiger partial charge is 0.454 e. The maximum atomic E-state index is 13.7. The van der Waals surface area contributed by atoms with Crippen LogP contribution in [-0.4, -0.2) is 118 Å². The number of β-lactam (4-membered cyclic amide) rings is 1. The quantitative estimate of drug-likeness (QED) is 0.0547. The van der Waals surface area contributed by atoms with E-state index in [1.807, 2.05) is 33.9 Å². The number of ketones is 1. The number of hydrogen-bond donors (Lipinski definition) is 0. The second-order valence-corrected chi connectivity index (χ2v) is 15.5. The zero-order valence-corrected chi connectivity index (χ0v) is 29.4. The average molecular weight is 664 g/mol. The Morgan fingerprint density at radius 3 is 2.22 bits per heavy atom. The van der Waals surface area contributed by atoms with Gasteiger partial charge < -0.3 is 23.5 Å². The lowest BCUT2D eigenvalue weighted by molar-refractivity contribution is -0.181. The smallest absolute Gasteiger partial charge is 0.410 e. The molecule has 0 radical (unpaired) electrons. The molecule has 2 saturated heterocycles. The first-order valence-corrected chi connectivity index (χ1v) is 18.1. The van der Waals surface area contributed by atoms with Crippen molar-refractivity contribution in [1.82, 2.24) is 14.7 Å². The van der Waals surface area contributed by atoms with Crippen LogP contribution in [0.4, 0.5) is 9.59 Å². The number of likely N-dealkylation sites (tertiary alicyclic amines) is 2. The number of esters is 1. The highest BCUT2D eigenvalue weighted by Gasteiger charge is 2.57. The van der Waals surface area contributed by atoms with Crippen LogP contribution in [0, 0.1) is 17.3 Å². The van der Waals surface area contributed by atoms with E-state index in [1.165, 1.54) is 22.0 Å². The Bertz CT molecular complexity index is 1220. The summed E-state index contributed by atoms with van der Waals surface area (Å²) in [5, 5.41) is 0. The van der Waals surface area contributed by atoms with E-state index in [0.717, 1.165) is 4.90 Å². The first kappa shape index (κ1) is 38.4. The van der Waals surface area contributed by atoms with Crippen LogP contribution in [0.5, 0.6) is 0 Å². The number of amides is 4. The van der Waals surface area contributed by atoms with Gasteiger partial charge in [0.15, 0.2) is 14.8 Å². The summed E-state index contributed by atoms with van der Waals surface area (Å²) >= 11 is 0. The molecule has 5 atom stereocenters. The van der Waals surface area contributed by atoms with Gasteiger partial charge in [0.2, 0.25) is 5.91 Å². The molecule has 13 nitrogen and oxygen atoms in total. The maximum absolute atomic E-state index is 13.7. The minimum atomic E-state index is -1.47. The van der Waals surface area contributed by atoms with Crippen molar-refractivity contribution in [3.63, 3.8) is 0 Å². The number of imide groups is 1. The lowest BCUT2D eigenvalue weighted by atomic mass is 9.65. The van der Waals surface area contributed by atoms with E-state index in [1.54, 1.807) is 27.1 Å². The van der Waals surface area contributed by atoms with E-state index in [0.29, 0.717) is 0 Å². The zero-order chi connectivity index (χ0) is 34.9. The molecule has 0 saturated carbocycles. The number of carbonyl (C=O) groups is 6. The van der Waals surface area contributed by atoms with Gasteiger partial charge in [0, 0.05) is 33.5 Å². The summed E-state index contributed by atoms with van der Waals surface area (Å²) in [5.74, 6) is -4.42. The van der Waals surface area contributed by atoms with Gasteiger partial charge in [0.1, 0.15) is 19.3 Å². The Labute approximate surface area is 273 Å².